The van der Waals surface area contributed by atoms with Gasteiger partial charge < -0.3 is 24.8 Å². The van der Waals surface area contributed by atoms with E-state index in [1.807, 2.05) is 18.2 Å². The Balaban J connectivity index is 1.24. The molecule has 8 nitrogen and oxygen atoms in total. The molecular formula is C25H37N5O3. The molecule has 0 saturated carbocycles. The molecule has 2 N–H and O–H groups in total. The highest BCUT2D eigenvalue weighted by Crippen LogP contribution is 2.26. The molecule has 0 unspecified atom stereocenters. The summed E-state index contributed by atoms with van der Waals surface area (Å²) < 4.78 is 11.0. The first-order chi connectivity index (χ1) is 16.2. The molecule has 0 aliphatic carbocycles. The lowest BCUT2D eigenvalue weighted by atomic mass is 9.81. The lowest BCUT2D eigenvalue weighted by Crippen LogP contribution is -2.43. The number of para-hydroxylation sites is 1. The fourth-order valence-corrected chi connectivity index (χ4v) is 4.78. The van der Waals surface area contributed by atoms with Gasteiger partial charge in [-0.3, -0.25) is 9.69 Å². The number of ether oxygens (including phenoxy) is 1. The average molecular weight is 456 g/mol. The van der Waals surface area contributed by atoms with Crippen LogP contribution >= 0.6 is 0 Å². The van der Waals surface area contributed by atoms with Crippen LogP contribution in [0.5, 0.6) is 0 Å². The lowest BCUT2D eigenvalue weighted by molar-refractivity contribution is -0.122. The number of hydrogen-bond acceptors (Lipinski definition) is 7. The van der Waals surface area contributed by atoms with Crippen LogP contribution in [0.2, 0.25) is 0 Å². The second kappa shape index (κ2) is 12.2. The molecule has 2 saturated heterocycles. The zero-order valence-corrected chi connectivity index (χ0v) is 19.7. The highest BCUT2D eigenvalue weighted by Gasteiger charge is 2.28. The van der Waals surface area contributed by atoms with E-state index in [1.165, 1.54) is 0 Å². The Morgan fingerprint density at radius 3 is 2.88 bits per heavy atom. The Kier molecular flexibility index (Phi) is 8.74. The van der Waals surface area contributed by atoms with Crippen molar-refractivity contribution in [3.63, 3.8) is 0 Å². The summed E-state index contributed by atoms with van der Waals surface area (Å²) in [5.41, 5.74) is 2.12. The Morgan fingerprint density at radius 2 is 2.06 bits per heavy atom. The van der Waals surface area contributed by atoms with Crippen molar-refractivity contribution in [2.75, 3.05) is 64.4 Å². The molecule has 2 aliphatic rings. The van der Waals surface area contributed by atoms with Crippen molar-refractivity contribution in [2.45, 2.75) is 25.8 Å². The van der Waals surface area contributed by atoms with E-state index in [4.69, 9.17) is 9.26 Å². The maximum absolute atomic E-state index is 12.6. The summed E-state index contributed by atoms with van der Waals surface area (Å²) in [4.78, 5) is 17.1. The molecule has 8 heteroatoms. The molecule has 0 spiro atoms. The van der Waals surface area contributed by atoms with Gasteiger partial charge in [-0.05, 0) is 49.9 Å². The number of piperidine rings is 1. The monoisotopic (exact) mass is 455 g/mol. The number of amides is 1. The third-order valence-electron chi connectivity index (χ3n) is 6.74. The van der Waals surface area contributed by atoms with Gasteiger partial charge >= 0.3 is 0 Å². The minimum Gasteiger partial charge on any atom is -0.379 e. The van der Waals surface area contributed by atoms with E-state index in [2.05, 4.69) is 50.8 Å². The predicted octanol–water partition coefficient (Wildman–Crippen LogP) is 1.92. The molecule has 1 aromatic heterocycles. The van der Waals surface area contributed by atoms with E-state index in [0.717, 1.165) is 75.9 Å². The standard InChI is InChI=1S/C25H37N5O3/c1-29(23-5-3-2-4-6-23)19-24-17-22(28-33-24)15-21-18-26-8-7-20(21)16-25(31)27-9-10-30-11-13-32-14-12-30/h2-6,17,20-21,26H,7-16,18-19H2,1H3,(H,27,31)/t20-,21+/m0/s1. The molecule has 0 bridgehead atoms. The lowest BCUT2D eigenvalue weighted by Gasteiger charge is -2.31. The Labute approximate surface area is 196 Å². The molecular weight excluding hydrogens is 418 g/mol. The highest BCUT2D eigenvalue weighted by atomic mass is 16.5. The zero-order chi connectivity index (χ0) is 22.9. The Hall–Kier alpha value is -2.42. The fourth-order valence-electron chi connectivity index (χ4n) is 4.78. The number of anilines is 1. The molecule has 2 fully saturated rings. The number of benzene rings is 1. The maximum Gasteiger partial charge on any atom is 0.220 e. The second-order valence-electron chi connectivity index (χ2n) is 9.20. The minimum absolute atomic E-state index is 0.158. The van der Waals surface area contributed by atoms with Crippen LogP contribution in [-0.4, -0.2) is 75.5 Å². The first-order valence-electron chi connectivity index (χ1n) is 12.2. The SMILES string of the molecule is CN(Cc1cc(C[C@@H]2CNCC[C@H]2CC(=O)NCCN2CCOCC2)no1)c1ccccc1. The van der Waals surface area contributed by atoms with Crippen LogP contribution in [0.4, 0.5) is 5.69 Å². The molecule has 2 aliphatic heterocycles. The van der Waals surface area contributed by atoms with Gasteiger partial charge in [-0.25, -0.2) is 0 Å². The average Bonchev–Trinajstić information content (AvgIpc) is 3.28. The van der Waals surface area contributed by atoms with Gasteiger partial charge in [-0.1, -0.05) is 23.4 Å². The smallest absolute Gasteiger partial charge is 0.220 e. The summed E-state index contributed by atoms with van der Waals surface area (Å²) in [5.74, 6) is 1.76. The molecule has 3 heterocycles. The van der Waals surface area contributed by atoms with Crippen LogP contribution in [0.1, 0.15) is 24.3 Å². The molecule has 180 valence electrons. The van der Waals surface area contributed by atoms with Crippen LogP contribution in [0, 0.1) is 11.8 Å². The molecule has 0 radical (unpaired) electrons. The summed E-state index contributed by atoms with van der Waals surface area (Å²) in [6, 6.07) is 12.3. The molecule has 2 atom stereocenters. The van der Waals surface area contributed by atoms with Gasteiger partial charge in [0.25, 0.3) is 0 Å². The summed E-state index contributed by atoms with van der Waals surface area (Å²) in [7, 11) is 2.05. The van der Waals surface area contributed by atoms with Crippen molar-refractivity contribution in [1.29, 1.82) is 0 Å². The van der Waals surface area contributed by atoms with Crippen LogP contribution in [-0.2, 0) is 22.5 Å². The fraction of sp³-hybridized carbons (Fsp3) is 0.600. The van der Waals surface area contributed by atoms with Gasteiger partial charge in [0.1, 0.15) is 0 Å². The number of rotatable bonds is 10. The van der Waals surface area contributed by atoms with E-state index in [1.54, 1.807) is 0 Å². The van der Waals surface area contributed by atoms with E-state index in [9.17, 15) is 4.79 Å². The van der Waals surface area contributed by atoms with Crippen molar-refractivity contribution < 1.29 is 14.1 Å². The highest BCUT2D eigenvalue weighted by molar-refractivity contribution is 5.76. The summed E-state index contributed by atoms with van der Waals surface area (Å²) in [5, 5.41) is 10.9. The molecule has 1 aromatic carbocycles. The van der Waals surface area contributed by atoms with Crippen molar-refractivity contribution in [1.82, 2.24) is 20.7 Å². The topological polar surface area (TPSA) is 82.9 Å². The van der Waals surface area contributed by atoms with Gasteiger partial charge in [0.15, 0.2) is 5.76 Å². The van der Waals surface area contributed by atoms with E-state index >= 15 is 0 Å². The number of morpholine rings is 1. The van der Waals surface area contributed by atoms with Crippen LogP contribution < -0.4 is 15.5 Å². The number of nitrogens with zero attached hydrogens (tertiary/aromatic N) is 3. The van der Waals surface area contributed by atoms with Crippen molar-refractivity contribution in [3.8, 4) is 0 Å². The second-order valence-corrected chi connectivity index (χ2v) is 9.20. The van der Waals surface area contributed by atoms with Crippen molar-refractivity contribution >= 4 is 11.6 Å². The largest absolute Gasteiger partial charge is 0.379 e. The summed E-state index contributed by atoms with van der Waals surface area (Å²) in [6.07, 6.45) is 2.43. The van der Waals surface area contributed by atoms with Gasteiger partial charge in [0.05, 0.1) is 25.5 Å². The van der Waals surface area contributed by atoms with Crippen LogP contribution in [0.3, 0.4) is 0 Å². The zero-order valence-electron chi connectivity index (χ0n) is 19.7. The summed E-state index contributed by atoms with van der Waals surface area (Å²) >= 11 is 0. The van der Waals surface area contributed by atoms with E-state index < -0.39 is 0 Å². The number of nitrogens with one attached hydrogen (secondary N) is 2. The molecule has 33 heavy (non-hydrogen) atoms. The first kappa shape index (κ1) is 23.7. The Morgan fingerprint density at radius 1 is 1.24 bits per heavy atom. The number of hydrogen-bond donors (Lipinski definition) is 2. The van der Waals surface area contributed by atoms with Crippen molar-refractivity contribution in [2.24, 2.45) is 11.8 Å². The predicted molar refractivity (Wildman–Crippen MR) is 128 cm³/mol. The van der Waals surface area contributed by atoms with Crippen LogP contribution in [0.15, 0.2) is 40.9 Å². The van der Waals surface area contributed by atoms with Gasteiger partial charge in [-0.2, -0.15) is 0 Å². The maximum atomic E-state index is 12.6. The quantitative estimate of drug-likeness (QED) is 0.566. The van der Waals surface area contributed by atoms with E-state index in [-0.39, 0.29) is 5.91 Å². The normalized spacial score (nSPS) is 21.6. The minimum atomic E-state index is 0.158. The molecule has 4 rings (SSSR count). The van der Waals surface area contributed by atoms with Gasteiger partial charge in [-0.15, -0.1) is 0 Å². The molecule has 2 aromatic rings. The Bertz CT molecular complexity index is 853. The van der Waals surface area contributed by atoms with Crippen molar-refractivity contribution in [3.05, 3.63) is 47.9 Å². The van der Waals surface area contributed by atoms with Gasteiger partial charge in [0, 0.05) is 51.4 Å². The molecule has 1 amide bonds. The third kappa shape index (κ3) is 7.28. The number of carbonyl (C=O) groups is 1. The number of aromatic nitrogens is 1. The summed E-state index contributed by atoms with van der Waals surface area (Å²) in [6.45, 7) is 7.63. The van der Waals surface area contributed by atoms with Gasteiger partial charge in [0.2, 0.25) is 5.91 Å². The van der Waals surface area contributed by atoms with Crippen LogP contribution in [0.25, 0.3) is 0 Å². The van der Waals surface area contributed by atoms with E-state index in [0.29, 0.717) is 31.3 Å². The number of carbonyl (C=O) groups excluding carboxylic acids is 1. The third-order valence-corrected chi connectivity index (χ3v) is 6.74. The first-order valence-corrected chi connectivity index (χ1v) is 12.2.